The van der Waals surface area contributed by atoms with Crippen LogP contribution in [-0.4, -0.2) is 41.3 Å². The molecule has 0 unspecified atom stereocenters. The molecule has 0 aliphatic heterocycles. The van der Waals surface area contributed by atoms with Crippen LogP contribution in [0.4, 0.5) is 0 Å². The molecule has 5 nitrogen and oxygen atoms in total. The first-order valence-corrected chi connectivity index (χ1v) is 14.5. The molecule has 1 aromatic carbocycles. The highest BCUT2D eigenvalue weighted by atomic mass is 79.9. The molecule has 0 saturated heterocycles. The van der Waals surface area contributed by atoms with Crippen molar-refractivity contribution in [2.24, 2.45) is 5.10 Å². The summed E-state index contributed by atoms with van der Waals surface area (Å²) < 4.78 is 6.08. The monoisotopic (exact) mass is 554 g/mol. The van der Waals surface area contributed by atoms with Crippen LogP contribution in [0.3, 0.4) is 0 Å². The highest BCUT2D eigenvalue weighted by molar-refractivity contribution is 9.10. The predicted molar refractivity (Wildman–Crippen MR) is 148 cm³/mol. The van der Waals surface area contributed by atoms with E-state index in [0.717, 1.165) is 39.8 Å². The lowest BCUT2D eigenvalue weighted by Gasteiger charge is -2.15. The summed E-state index contributed by atoms with van der Waals surface area (Å²) in [6, 6.07) is 4.06. The first-order chi connectivity index (χ1) is 16.3. The number of aryl methyl sites for hydroxylation is 2. The lowest BCUT2D eigenvalue weighted by Crippen LogP contribution is -2.27. The Morgan fingerprint density at radius 3 is 2.12 bits per heavy atom. The van der Waals surface area contributed by atoms with Gasteiger partial charge in [0.2, 0.25) is 11.0 Å². The van der Waals surface area contributed by atoms with Crippen molar-refractivity contribution in [3.63, 3.8) is 0 Å². The number of hydrogen-bond acceptors (Lipinski definition) is 5. The SMILES string of the molecule is CCCCCCCCCCCCS/C(=N\N(C)C(=O)Cc1c(C)cc(C)cc1Br)C(=O)OCC. The van der Waals surface area contributed by atoms with Crippen LogP contribution in [0.5, 0.6) is 0 Å². The second-order valence-corrected chi connectivity index (χ2v) is 10.7. The van der Waals surface area contributed by atoms with Gasteiger partial charge in [-0.25, -0.2) is 9.80 Å². The number of hydrazone groups is 1. The highest BCUT2D eigenvalue weighted by Gasteiger charge is 2.19. The molecule has 1 amide bonds. The summed E-state index contributed by atoms with van der Waals surface area (Å²) in [5.74, 6) is 0.152. The van der Waals surface area contributed by atoms with E-state index in [1.165, 1.54) is 68.1 Å². The zero-order chi connectivity index (χ0) is 25.3. The Labute approximate surface area is 219 Å². The minimum absolute atomic E-state index is 0.172. The van der Waals surface area contributed by atoms with Crippen LogP contribution in [-0.2, 0) is 20.7 Å². The van der Waals surface area contributed by atoms with Crippen molar-refractivity contribution >= 4 is 44.6 Å². The van der Waals surface area contributed by atoms with Gasteiger partial charge in [-0.05, 0) is 55.7 Å². The van der Waals surface area contributed by atoms with Crippen molar-refractivity contribution in [3.8, 4) is 0 Å². The molecule has 0 aliphatic rings. The second kappa shape index (κ2) is 18.0. The van der Waals surface area contributed by atoms with E-state index < -0.39 is 5.97 Å². The predicted octanol–water partition coefficient (Wildman–Crippen LogP) is 7.60. The number of benzene rings is 1. The molecule has 0 N–H and O–H groups in total. The molecule has 0 radical (unpaired) electrons. The fourth-order valence-electron chi connectivity index (χ4n) is 3.71. The Bertz CT molecular complexity index is 775. The summed E-state index contributed by atoms with van der Waals surface area (Å²) in [4.78, 5) is 25.2. The maximum Gasteiger partial charge on any atom is 0.365 e. The summed E-state index contributed by atoms with van der Waals surface area (Å²) in [7, 11) is 1.60. The Kier molecular flexibility index (Phi) is 16.2. The number of unbranched alkanes of at least 4 members (excludes halogenated alkanes) is 9. The molecule has 0 spiro atoms. The molecule has 1 aromatic rings. The van der Waals surface area contributed by atoms with Gasteiger partial charge in [-0.2, -0.15) is 5.10 Å². The van der Waals surface area contributed by atoms with E-state index in [1.54, 1.807) is 14.0 Å². The van der Waals surface area contributed by atoms with Crippen LogP contribution >= 0.6 is 27.7 Å². The van der Waals surface area contributed by atoms with Crippen LogP contribution in [0.15, 0.2) is 21.7 Å². The normalized spacial score (nSPS) is 11.5. The third kappa shape index (κ3) is 12.4. The fourth-order valence-corrected chi connectivity index (χ4v) is 5.42. The van der Waals surface area contributed by atoms with E-state index in [9.17, 15) is 9.59 Å². The quantitative estimate of drug-likeness (QED) is 0.0735. The smallest absolute Gasteiger partial charge is 0.365 e. The van der Waals surface area contributed by atoms with Crippen molar-refractivity contribution in [2.45, 2.75) is 98.3 Å². The van der Waals surface area contributed by atoms with Crippen LogP contribution in [0.25, 0.3) is 0 Å². The lowest BCUT2D eigenvalue weighted by atomic mass is 10.0. The Morgan fingerprint density at radius 1 is 0.971 bits per heavy atom. The fraction of sp³-hybridized carbons (Fsp3) is 0.667. The van der Waals surface area contributed by atoms with Gasteiger partial charge in [0.1, 0.15) is 0 Å². The minimum Gasteiger partial charge on any atom is -0.461 e. The van der Waals surface area contributed by atoms with Gasteiger partial charge < -0.3 is 4.74 Å². The lowest BCUT2D eigenvalue weighted by molar-refractivity contribution is -0.134. The molecule has 0 aliphatic carbocycles. The van der Waals surface area contributed by atoms with E-state index in [1.807, 2.05) is 19.9 Å². The molecule has 34 heavy (non-hydrogen) atoms. The number of likely N-dealkylation sites (N-methyl/N-ethyl adjacent to an activating group) is 1. The summed E-state index contributed by atoms with van der Waals surface area (Å²) in [6.07, 6.45) is 12.9. The first kappa shape index (κ1) is 30.7. The zero-order valence-corrected chi connectivity index (χ0v) is 24.2. The van der Waals surface area contributed by atoms with Gasteiger partial charge in [-0.3, -0.25) is 4.79 Å². The molecule has 7 heteroatoms. The van der Waals surface area contributed by atoms with Gasteiger partial charge in [0.15, 0.2) is 0 Å². The van der Waals surface area contributed by atoms with E-state index in [2.05, 4.69) is 34.0 Å². The molecular formula is C27H43BrN2O3S. The van der Waals surface area contributed by atoms with Gasteiger partial charge in [0.05, 0.1) is 13.0 Å². The zero-order valence-electron chi connectivity index (χ0n) is 21.8. The number of ether oxygens (including phenoxy) is 1. The Morgan fingerprint density at radius 2 is 1.56 bits per heavy atom. The average molecular weight is 556 g/mol. The third-order valence-electron chi connectivity index (χ3n) is 5.68. The number of esters is 1. The van der Waals surface area contributed by atoms with E-state index in [0.29, 0.717) is 0 Å². The van der Waals surface area contributed by atoms with Gasteiger partial charge in [-0.15, -0.1) is 0 Å². The highest BCUT2D eigenvalue weighted by Crippen LogP contribution is 2.24. The van der Waals surface area contributed by atoms with Crippen LogP contribution in [0.2, 0.25) is 0 Å². The molecule has 0 fully saturated rings. The van der Waals surface area contributed by atoms with Gasteiger partial charge >= 0.3 is 5.97 Å². The number of rotatable bonds is 15. The third-order valence-corrected chi connectivity index (χ3v) is 7.40. The van der Waals surface area contributed by atoms with Gasteiger partial charge in [0.25, 0.3) is 0 Å². The molecule has 0 heterocycles. The molecule has 1 rings (SSSR count). The first-order valence-electron chi connectivity index (χ1n) is 12.7. The van der Waals surface area contributed by atoms with Gasteiger partial charge in [0, 0.05) is 11.5 Å². The van der Waals surface area contributed by atoms with Crippen molar-refractivity contribution in [3.05, 3.63) is 33.3 Å². The summed E-state index contributed by atoms with van der Waals surface area (Å²) in [5.41, 5.74) is 3.13. The molecule has 0 aromatic heterocycles. The molecular weight excluding hydrogens is 512 g/mol. The van der Waals surface area contributed by atoms with Crippen LogP contribution < -0.4 is 0 Å². The standard InChI is InChI=1S/C27H43BrN2O3S/c1-6-8-9-10-11-12-13-14-15-16-17-34-26(27(32)33-7-2)29-30(5)25(31)20-23-22(4)18-21(3)19-24(23)28/h18-19H,6-17,20H2,1-5H3/b29-26-. The molecule has 0 saturated carbocycles. The Hall–Kier alpha value is -1.34. The molecule has 192 valence electrons. The number of carbonyl (C=O) groups excluding carboxylic acids is 2. The number of amides is 1. The van der Waals surface area contributed by atoms with Gasteiger partial charge in [-0.1, -0.05) is 98.5 Å². The maximum absolute atomic E-state index is 12.8. The van der Waals surface area contributed by atoms with E-state index in [-0.39, 0.29) is 24.0 Å². The Balaban J connectivity index is 2.54. The average Bonchev–Trinajstić information content (AvgIpc) is 2.78. The number of nitrogens with zero attached hydrogens (tertiary/aromatic N) is 2. The van der Waals surface area contributed by atoms with E-state index >= 15 is 0 Å². The van der Waals surface area contributed by atoms with Crippen LogP contribution in [0, 0.1) is 13.8 Å². The topological polar surface area (TPSA) is 59.0 Å². The van der Waals surface area contributed by atoms with Crippen molar-refractivity contribution in [2.75, 3.05) is 19.4 Å². The summed E-state index contributed by atoms with van der Waals surface area (Å²) >= 11 is 4.94. The number of thioether (sulfide) groups is 1. The van der Waals surface area contributed by atoms with E-state index in [4.69, 9.17) is 4.74 Å². The van der Waals surface area contributed by atoms with Crippen LogP contribution in [0.1, 0.15) is 94.7 Å². The maximum atomic E-state index is 12.8. The van der Waals surface area contributed by atoms with Crippen molar-refractivity contribution in [1.82, 2.24) is 5.01 Å². The summed E-state index contributed by atoms with van der Waals surface area (Å²) in [5, 5.41) is 5.84. The second-order valence-electron chi connectivity index (χ2n) is 8.79. The largest absolute Gasteiger partial charge is 0.461 e. The molecule has 0 atom stereocenters. The number of hydrogen-bond donors (Lipinski definition) is 0. The van der Waals surface area contributed by atoms with Crippen molar-refractivity contribution in [1.29, 1.82) is 0 Å². The number of carbonyl (C=O) groups is 2. The number of halogens is 1. The van der Waals surface area contributed by atoms with Crippen molar-refractivity contribution < 1.29 is 14.3 Å². The minimum atomic E-state index is -0.466. The summed E-state index contributed by atoms with van der Waals surface area (Å²) in [6.45, 7) is 8.32. The molecule has 0 bridgehead atoms.